The van der Waals surface area contributed by atoms with Crippen LogP contribution in [0.25, 0.3) is 0 Å². The highest BCUT2D eigenvalue weighted by Gasteiger charge is 2.03. The second-order valence-corrected chi connectivity index (χ2v) is 5.32. The van der Waals surface area contributed by atoms with Gasteiger partial charge in [-0.1, -0.05) is 25.7 Å². The Kier molecular flexibility index (Phi) is 12.2. The summed E-state index contributed by atoms with van der Waals surface area (Å²) in [5.74, 6) is 0.0357. The molecule has 0 atom stereocenters. The molecule has 118 valence electrons. The Balaban J connectivity index is 3.22. The maximum absolute atomic E-state index is 10.6. The molecule has 0 heterocycles. The van der Waals surface area contributed by atoms with Gasteiger partial charge in [0, 0.05) is 26.9 Å². The minimum absolute atomic E-state index is 0.0179. The molecular formula is C15H30N2O3. The standard InChI is InChI=1S/C15H30N2O3/c1-13(18)16-11-7-3-5-9-15(20)10-6-4-8-12-17-14(2)19/h15,20H,3-12H2,1-2H3,(H,16,18)(H,17,19). The number of nitrogens with one attached hydrogen (secondary N) is 2. The van der Waals surface area contributed by atoms with E-state index in [9.17, 15) is 14.7 Å². The van der Waals surface area contributed by atoms with Gasteiger partial charge >= 0.3 is 0 Å². The quantitative estimate of drug-likeness (QED) is 0.478. The molecule has 0 aromatic rings. The molecule has 0 aliphatic rings. The summed E-state index contributed by atoms with van der Waals surface area (Å²) in [5, 5.41) is 15.3. The lowest BCUT2D eigenvalue weighted by atomic mass is 10.0. The summed E-state index contributed by atoms with van der Waals surface area (Å²) < 4.78 is 0. The van der Waals surface area contributed by atoms with Gasteiger partial charge in [0.15, 0.2) is 0 Å². The fourth-order valence-corrected chi connectivity index (χ4v) is 2.04. The summed E-state index contributed by atoms with van der Waals surface area (Å²) in [6, 6.07) is 0. The molecule has 0 fully saturated rings. The van der Waals surface area contributed by atoms with Gasteiger partial charge in [-0.25, -0.2) is 0 Å². The molecule has 0 rings (SSSR count). The van der Waals surface area contributed by atoms with Crippen molar-refractivity contribution in [2.75, 3.05) is 13.1 Å². The zero-order valence-electron chi connectivity index (χ0n) is 12.9. The first kappa shape index (κ1) is 18.9. The molecule has 0 aliphatic heterocycles. The molecule has 5 nitrogen and oxygen atoms in total. The number of aliphatic hydroxyl groups is 1. The van der Waals surface area contributed by atoms with E-state index in [2.05, 4.69) is 10.6 Å². The molecule has 0 aromatic carbocycles. The third-order valence-corrected chi connectivity index (χ3v) is 3.18. The predicted molar refractivity (Wildman–Crippen MR) is 80.3 cm³/mol. The Morgan fingerprint density at radius 3 is 1.55 bits per heavy atom. The second kappa shape index (κ2) is 12.9. The number of amides is 2. The molecule has 0 aromatic heterocycles. The Hall–Kier alpha value is -1.10. The maximum atomic E-state index is 10.6. The molecule has 0 aliphatic carbocycles. The van der Waals surface area contributed by atoms with Crippen molar-refractivity contribution in [3.63, 3.8) is 0 Å². The van der Waals surface area contributed by atoms with Crippen LogP contribution in [0, 0.1) is 0 Å². The van der Waals surface area contributed by atoms with Gasteiger partial charge in [-0.3, -0.25) is 9.59 Å². The second-order valence-electron chi connectivity index (χ2n) is 5.32. The Morgan fingerprint density at radius 2 is 1.20 bits per heavy atom. The van der Waals surface area contributed by atoms with Crippen LogP contribution < -0.4 is 10.6 Å². The fraction of sp³-hybridized carbons (Fsp3) is 0.867. The molecule has 0 spiro atoms. The largest absolute Gasteiger partial charge is 0.393 e. The first-order chi connectivity index (χ1) is 9.52. The average Bonchev–Trinajstić information content (AvgIpc) is 2.37. The van der Waals surface area contributed by atoms with Crippen molar-refractivity contribution in [1.82, 2.24) is 10.6 Å². The van der Waals surface area contributed by atoms with Crippen LogP contribution in [0.15, 0.2) is 0 Å². The van der Waals surface area contributed by atoms with Gasteiger partial charge in [-0.2, -0.15) is 0 Å². The molecule has 0 saturated heterocycles. The topological polar surface area (TPSA) is 78.4 Å². The van der Waals surface area contributed by atoms with Crippen LogP contribution in [0.2, 0.25) is 0 Å². The van der Waals surface area contributed by atoms with E-state index in [-0.39, 0.29) is 17.9 Å². The third-order valence-electron chi connectivity index (χ3n) is 3.18. The number of unbranched alkanes of at least 4 members (excludes halogenated alkanes) is 4. The Bertz CT molecular complexity index is 244. The monoisotopic (exact) mass is 286 g/mol. The van der Waals surface area contributed by atoms with Gasteiger partial charge in [0.05, 0.1) is 6.10 Å². The molecule has 2 amide bonds. The van der Waals surface area contributed by atoms with Crippen molar-refractivity contribution >= 4 is 11.8 Å². The molecule has 0 saturated carbocycles. The number of hydrogen-bond donors (Lipinski definition) is 3. The van der Waals surface area contributed by atoms with Crippen LogP contribution in [0.3, 0.4) is 0 Å². The number of rotatable bonds is 12. The van der Waals surface area contributed by atoms with Crippen LogP contribution in [-0.2, 0) is 9.59 Å². The van der Waals surface area contributed by atoms with Crippen molar-refractivity contribution in [1.29, 1.82) is 0 Å². The van der Waals surface area contributed by atoms with Gasteiger partial charge in [-0.15, -0.1) is 0 Å². The molecule has 0 unspecified atom stereocenters. The van der Waals surface area contributed by atoms with Crippen LogP contribution in [0.1, 0.15) is 65.2 Å². The summed E-state index contributed by atoms with van der Waals surface area (Å²) in [7, 11) is 0. The van der Waals surface area contributed by atoms with E-state index >= 15 is 0 Å². The van der Waals surface area contributed by atoms with Gasteiger partial charge in [-0.05, 0) is 25.7 Å². The van der Waals surface area contributed by atoms with E-state index in [1.54, 1.807) is 0 Å². The molecule has 0 bridgehead atoms. The summed E-state index contributed by atoms with van der Waals surface area (Å²) >= 11 is 0. The lowest BCUT2D eigenvalue weighted by Crippen LogP contribution is -2.21. The van der Waals surface area contributed by atoms with Crippen molar-refractivity contribution < 1.29 is 14.7 Å². The summed E-state index contributed by atoms with van der Waals surface area (Å²) in [4.78, 5) is 21.3. The molecule has 20 heavy (non-hydrogen) atoms. The zero-order valence-corrected chi connectivity index (χ0v) is 12.9. The number of hydrogen-bond acceptors (Lipinski definition) is 3. The molecule has 0 radical (unpaired) electrons. The SMILES string of the molecule is CC(=O)NCCCCCC(O)CCCCCNC(C)=O. The molecular weight excluding hydrogens is 256 g/mol. The average molecular weight is 286 g/mol. The molecule has 3 N–H and O–H groups in total. The highest BCUT2D eigenvalue weighted by atomic mass is 16.3. The van der Waals surface area contributed by atoms with E-state index < -0.39 is 0 Å². The van der Waals surface area contributed by atoms with Crippen molar-refractivity contribution in [3.05, 3.63) is 0 Å². The van der Waals surface area contributed by atoms with Gasteiger partial charge in [0.25, 0.3) is 0 Å². The van der Waals surface area contributed by atoms with Crippen LogP contribution in [0.4, 0.5) is 0 Å². The highest BCUT2D eigenvalue weighted by molar-refractivity contribution is 5.72. The van der Waals surface area contributed by atoms with Crippen molar-refractivity contribution in [2.24, 2.45) is 0 Å². The first-order valence-corrected chi connectivity index (χ1v) is 7.69. The first-order valence-electron chi connectivity index (χ1n) is 7.69. The number of aliphatic hydroxyl groups excluding tert-OH is 1. The van der Waals surface area contributed by atoms with Crippen molar-refractivity contribution in [3.8, 4) is 0 Å². The molecule has 5 heteroatoms. The minimum Gasteiger partial charge on any atom is -0.393 e. The van der Waals surface area contributed by atoms with Crippen LogP contribution in [0.5, 0.6) is 0 Å². The van der Waals surface area contributed by atoms with Gasteiger partial charge in [0.2, 0.25) is 11.8 Å². The summed E-state index contributed by atoms with van der Waals surface area (Å²) in [6.07, 6.45) is 7.51. The Morgan fingerprint density at radius 1 is 0.800 bits per heavy atom. The van der Waals surface area contributed by atoms with E-state index in [4.69, 9.17) is 0 Å². The Labute approximate surface area is 122 Å². The zero-order chi connectivity index (χ0) is 15.2. The lowest BCUT2D eigenvalue weighted by Gasteiger charge is -2.10. The van der Waals surface area contributed by atoms with Gasteiger partial charge in [0.1, 0.15) is 0 Å². The minimum atomic E-state index is -0.212. The fourth-order valence-electron chi connectivity index (χ4n) is 2.04. The predicted octanol–water partition coefficient (Wildman–Crippen LogP) is 1.74. The van der Waals surface area contributed by atoms with Crippen molar-refractivity contribution in [2.45, 2.75) is 71.3 Å². The van der Waals surface area contributed by atoms with E-state index in [0.29, 0.717) is 0 Å². The maximum Gasteiger partial charge on any atom is 0.216 e. The van der Waals surface area contributed by atoms with Gasteiger partial charge < -0.3 is 15.7 Å². The smallest absolute Gasteiger partial charge is 0.216 e. The van der Waals surface area contributed by atoms with Crippen LogP contribution in [-0.4, -0.2) is 36.1 Å². The summed E-state index contributed by atoms with van der Waals surface area (Å²) in [6.45, 7) is 4.51. The van der Waals surface area contributed by atoms with E-state index in [0.717, 1.165) is 64.5 Å². The normalized spacial score (nSPS) is 10.6. The summed E-state index contributed by atoms with van der Waals surface area (Å²) in [5.41, 5.74) is 0. The lowest BCUT2D eigenvalue weighted by molar-refractivity contribution is -0.119. The van der Waals surface area contributed by atoms with E-state index in [1.165, 1.54) is 13.8 Å². The number of carbonyl (C=O) groups excluding carboxylic acids is 2. The third kappa shape index (κ3) is 15.0. The van der Waals surface area contributed by atoms with E-state index in [1.807, 2.05) is 0 Å². The number of carbonyl (C=O) groups is 2. The highest BCUT2D eigenvalue weighted by Crippen LogP contribution is 2.10. The van der Waals surface area contributed by atoms with Crippen LogP contribution >= 0.6 is 0 Å².